The van der Waals surface area contributed by atoms with Crippen molar-refractivity contribution in [2.45, 2.75) is 20.4 Å². The average Bonchev–Trinajstić information content (AvgIpc) is 2.58. The molecule has 0 aliphatic heterocycles. The van der Waals surface area contributed by atoms with E-state index in [1.165, 1.54) is 10.7 Å². The molecule has 0 unspecified atom stereocenters. The van der Waals surface area contributed by atoms with Crippen LogP contribution in [0.3, 0.4) is 0 Å². The van der Waals surface area contributed by atoms with E-state index in [1.807, 2.05) is 31.2 Å². The van der Waals surface area contributed by atoms with E-state index >= 15 is 0 Å². The summed E-state index contributed by atoms with van der Waals surface area (Å²) in [5, 5.41) is 4.30. The minimum atomic E-state index is -0.658. The highest BCUT2D eigenvalue weighted by atomic mass is 16.5. The summed E-state index contributed by atoms with van der Waals surface area (Å²) in [6.07, 6.45) is 1.55. The molecule has 0 amide bonds. The number of benzene rings is 1. The Balaban J connectivity index is 2.50. The van der Waals surface area contributed by atoms with Crippen LogP contribution in [0.4, 0.5) is 0 Å². The van der Waals surface area contributed by atoms with Crippen LogP contribution in [-0.2, 0) is 11.3 Å². The van der Waals surface area contributed by atoms with Crippen LogP contribution < -0.4 is 10.3 Å². The van der Waals surface area contributed by atoms with Gasteiger partial charge in [0.1, 0.15) is 11.3 Å². The summed E-state index contributed by atoms with van der Waals surface area (Å²) >= 11 is 0. The van der Waals surface area contributed by atoms with E-state index in [0.29, 0.717) is 12.3 Å². The fourth-order valence-corrected chi connectivity index (χ4v) is 2.17. The smallest absolute Gasteiger partial charge is 0.343 e. The van der Waals surface area contributed by atoms with E-state index in [2.05, 4.69) is 11.7 Å². The van der Waals surface area contributed by atoms with Crippen molar-refractivity contribution in [2.75, 3.05) is 13.2 Å². The van der Waals surface area contributed by atoms with Gasteiger partial charge in [0.25, 0.3) is 5.56 Å². The second kappa shape index (κ2) is 8.10. The molecule has 1 aromatic carbocycles. The van der Waals surface area contributed by atoms with E-state index < -0.39 is 11.5 Å². The van der Waals surface area contributed by atoms with Crippen molar-refractivity contribution >= 4 is 5.97 Å². The number of hydrogen-bond donors (Lipinski definition) is 0. The molecule has 1 aromatic heterocycles. The molecule has 2 rings (SSSR count). The molecule has 1 heterocycles. The van der Waals surface area contributed by atoms with Crippen LogP contribution in [0.25, 0.3) is 11.3 Å². The number of nitrogens with zero attached hydrogens (tertiary/aromatic N) is 2. The number of ether oxygens (including phenoxy) is 2. The second-order valence-corrected chi connectivity index (χ2v) is 4.90. The van der Waals surface area contributed by atoms with Crippen molar-refractivity contribution in [1.29, 1.82) is 0 Å². The van der Waals surface area contributed by atoms with Gasteiger partial charge in [0.2, 0.25) is 0 Å². The molecule has 0 fully saturated rings. The average molecular weight is 328 g/mol. The van der Waals surface area contributed by atoms with E-state index in [-0.39, 0.29) is 18.7 Å². The summed E-state index contributed by atoms with van der Waals surface area (Å²) in [6.45, 7) is 8.19. The maximum absolute atomic E-state index is 12.3. The molecule has 0 saturated heterocycles. The lowest BCUT2D eigenvalue weighted by Gasteiger charge is -2.10. The van der Waals surface area contributed by atoms with Crippen LogP contribution in [0.2, 0.25) is 0 Å². The van der Waals surface area contributed by atoms with Gasteiger partial charge < -0.3 is 9.47 Å². The first-order valence-corrected chi connectivity index (χ1v) is 7.74. The predicted molar refractivity (Wildman–Crippen MR) is 91.3 cm³/mol. The third-order valence-electron chi connectivity index (χ3n) is 3.23. The molecule has 6 nitrogen and oxygen atoms in total. The predicted octanol–water partition coefficient (Wildman–Crippen LogP) is 2.67. The van der Waals surface area contributed by atoms with E-state index in [9.17, 15) is 9.59 Å². The maximum Gasteiger partial charge on any atom is 0.343 e. The Morgan fingerprint density at radius 1 is 1.25 bits per heavy atom. The molecule has 2 aromatic rings. The van der Waals surface area contributed by atoms with Gasteiger partial charge in [-0.3, -0.25) is 4.79 Å². The molecule has 0 atom stereocenters. The van der Waals surface area contributed by atoms with Crippen LogP contribution in [0.1, 0.15) is 24.2 Å². The Labute approximate surface area is 140 Å². The third kappa shape index (κ3) is 3.90. The van der Waals surface area contributed by atoms with Crippen molar-refractivity contribution in [3.63, 3.8) is 0 Å². The summed E-state index contributed by atoms with van der Waals surface area (Å²) in [7, 11) is 0. The third-order valence-corrected chi connectivity index (χ3v) is 3.23. The van der Waals surface area contributed by atoms with Gasteiger partial charge in [0.15, 0.2) is 0 Å². The van der Waals surface area contributed by atoms with Crippen molar-refractivity contribution in [2.24, 2.45) is 0 Å². The number of carbonyl (C=O) groups is 1. The first-order valence-electron chi connectivity index (χ1n) is 7.74. The Hall–Kier alpha value is -2.89. The second-order valence-electron chi connectivity index (χ2n) is 4.90. The molecule has 0 bridgehead atoms. The zero-order valence-corrected chi connectivity index (χ0v) is 13.8. The monoisotopic (exact) mass is 328 g/mol. The molecular formula is C18H20N2O4. The van der Waals surface area contributed by atoms with E-state index in [1.54, 1.807) is 13.0 Å². The lowest BCUT2D eigenvalue weighted by atomic mass is 10.1. The Kier molecular flexibility index (Phi) is 5.89. The van der Waals surface area contributed by atoms with Gasteiger partial charge in [-0.1, -0.05) is 6.08 Å². The Bertz CT molecular complexity index is 779. The zero-order chi connectivity index (χ0) is 17.5. The maximum atomic E-state index is 12.3. The van der Waals surface area contributed by atoms with Crippen LogP contribution in [0.15, 0.2) is 47.8 Å². The highest BCUT2D eigenvalue weighted by Crippen LogP contribution is 2.21. The lowest BCUT2D eigenvalue weighted by molar-refractivity contribution is 0.0523. The minimum absolute atomic E-state index is 0.0439. The molecule has 0 saturated carbocycles. The normalized spacial score (nSPS) is 10.2. The van der Waals surface area contributed by atoms with Crippen molar-refractivity contribution in [1.82, 2.24) is 9.78 Å². The van der Waals surface area contributed by atoms with E-state index in [4.69, 9.17) is 9.47 Å². The lowest BCUT2D eigenvalue weighted by Crippen LogP contribution is -2.29. The number of carbonyl (C=O) groups excluding carboxylic acids is 1. The summed E-state index contributed by atoms with van der Waals surface area (Å²) in [5.74, 6) is 0.0844. The van der Waals surface area contributed by atoms with Crippen molar-refractivity contribution in [3.05, 3.63) is 58.9 Å². The molecule has 0 radical (unpaired) electrons. The first kappa shape index (κ1) is 17.5. The summed E-state index contributed by atoms with van der Waals surface area (Å²) in [5.41, 5.74) is 0.727. The van der Waals surface area contributed by atoms with Gasteiger partial charge in [-0.25, -0.2) is 9.48 Å². The molecule has 0 N–H and O–H groups in total. The molecule has 0 aliphatic carbocycles. The Morgan fingerprint density at radius 3 is 2.54 bits per heavy atom. The van der Waals surface area contributed by atoms with Gasteiger partial charge in [0.05, 0.1) is 25.5 Å². The summed E-state index contributed by atoms with van der Waals surface area (Å²) < 4.78 is 11.6. The molecule has 126 valence electrons. The zero-order valence-electron chi connectivity index (χ0n) is 13.8. The standard InChI is InChI=1S/C18H20N2O4/c1-4-11-20-17(21)15(18(22)24-6-3)12-16(19-20)13-7-9-14(10-8-13)23-5-2/h4,7-10,12H,1,5-6,11H2,2-3H3. The highest BCUT2D eigenvalue weighted by Gasteiger charge is 2.17. The number of hydrogen-bond acceptors (Lipinski definition) is 5. The van der Waals surface area contributed by atoms with Gasteiger partial charge in [0, 0.05) is 5.56 Å². The van der Waals surface area contributed by atoms with Crippen LogP contribution in [0, 0.1) is 0 Å². The first-order chi connectivity index (χ1) is 11.6. The fraction of sp³-hybridized carbons (Fsp3) is 0.278. The molecular weight excluding hydrogens is 308 g/mol. The summed E-state index contributed by atoms with van der Waals surface area (Å²) in [6, 6.07) is 8.73. The van der Waals surface area contributed by atoms with E-state index in [0.717, 1.165) is 11.3 Å². The Morgan fingerprint density at radius 2 is 1.96 bits per heavy atom. The fourth-order valence-electron chi connectivity index (χ4n) is 2.17. The van der Waals surface area contributed by atoms with Gasteiger partial charge in [-0.15, -0.1) is 6.58 Å². The number of allylic oxidation sites excluding steroid dienone is 1. The molecule has 0 spiro atoms. The highest BCUT2D eigenvalue weighted by molar-refractivity contribution is 5.90. The van der Waals surface area contributed by atoms with Gasteiger partial charge in [-0.2, -0.15) is 5.10 Å². The molecule has 0 aliphatic rings. The van der Waals surface area contributed by atoms with Crippen LogP contribution in [0.5, 0.6) is 5.75 Å². The van der Waals surface area contributed by atoms with Crippen LogP contribution in [-0.4, -0.2) is 29.0 Å². The largest absolute Gasteiger partial charge is 0.494 e. The van der Waals surface area contributed by atoms with Crippen molar-refractivity contribution in [3.8, 4) is 17.0 Å². The SMILES string of the molecule is C=CCn1nc(-c2ccc(OCC)cc2)cc(C(=O)OCC)c1=O. The number of esters is 1. The van der Waals surface area contributed by atoms with Crippen LogP contribution >= 0.6 is 0 Å². The topological polar surface area (TPSA) is 70.4 Å². The quantitative estimate of drug-likeness (QED) is 0.577. The van der Waals surface area contributed by atoms with Gasteiger partial charge in [-0.05, 0) is 44.2 Å². The molecule has 6 heteroatoms. The van der Waals surface area contributed by atoms with Crippen molar-refractivity contribution < 1.29 is 14.3 Å². The minimum Gasteiger partial charge on any atom is -0.494 e. The number of aromatic nitrogens is 2. The van der Waals surface area contributed by atoms with Gasteiger partial charge >= 0.3 is 5.97 Å². The number of rotatable bonds is 7. The molecule has 24 heavy (non-hydrogen) atoms. The summed E-state index contributed by atoms with van der Waals surface area (Å²) in [4.78, 5) is 24.4.